The summed E-state index contributed by atoms with van der Waals surface area (Å²) >= 11 is 0. The molecule has 4 heteroatoms. The summed E-state index contributed by atoms with van der Waals surface area (Å²) in [6.45, 7) is 7.33. The summed E-state index contributed by atoms with van der Waals surface area (Å²) in [5, 5.41) is 6.25. The third-order valence-electron chi connectivity index (χ3n) is 5.15. The summed E-state index contributed by atoms with van der Waals surface area (Å²) in [5.41, 5.74) is 0.0677. The number of hydrogen-bond acceptors (Lipinski definition) is 2. The van der Waals surface area contributed by atoms with Crippen LogP contribution in [0.15, 0.2) is 0 Å². The van der Waals surface area contributed by atoms with Gasteiger partial charge >= 0.3 is 6.03 Å². The van der Waals surface area contributed by atoms with E-state index in [4.69, 9.17) is 4.74 Å². The maximum absolute atomic E-state index is 12.1. The number of urea groups is 1. The minimum absolute atomic E-state index is 0.00317. The highest BCUT2D eigenvalue weighted by molar-refractivity contribution is 5.75. The van der Waals surface area contributed by atoms with Crippen molar-refractivity contribution in [3.8, 4) is 0 Å². The molecule has 1 aliphatic heterocycles. The lowest BCUT2D eigenvalue weighted by molar-refractivity contribution is -0.108. The first-order valence-corrected chi connectivity index (χ1v) is 7.67. The van der Waals surface area contributed by atoms with Crippen LogP contribution in [0.4, 0.5) is 4.79 Å². The Morgan fingerprint density at radius 3 is 2.79 bits per heavy atom. The average molecular weight is 266 g/mol. The van der Waals surface area contributed by atoms with Crippen molar-refractivity contribution in [2.24, 2.45) is 17.3 Å². The second-order valence-corrected chi connectivity index (χ2v) is 7.24. The Morgan fingerprint density at radius 1 is 1.37 bits per heavy atom. The molecule has 2 saturated carbocycles. The molecule has 0 aromatic rings. The van der Waals surface area contributed by atoms with Gasteiger partial charge in [0.2, 0.25) is 0 Å². The van der Waals surface area contributed by atoms with Crippen molar-refractivity contribution in [2.75, 3.05) is 6.61 Å². The summed E-state index contributed by atoms with van der Waals surface area (Å²) in [6, 6.07) is 0.538. The first-order valence-electron chi connectivity index (χ1n) is 7.67. The first kappa shape index (κ1) is 13.2. The highest BCUT2D eigenvalue weighted by Crippen LogP contribution is 2.52. The molecule has 3 fully saturated rings. The van der Waals surface area contributed by atoms with Crippen LogP contribution in [-0.4, -0.2) is 30.8 Å². The molecular weight excluding hydrogens is 240 g/mol. The number of rotatable bonds is 4. The molecule has 0 spiro atoms. The van der Waals surface area contributed by atoms with Gasteiger partial charge in [-0.2, -0.15) is 0 Å². The minimum Gasteiger partial charge on any atom is -0.377 e. The molecule has 4 atom stereocenters. The van der Waals surface area contributed by atoms with Crippen molar-refractivity contribution in [3.05, 3.63) is 0 Å². The molecule has 3 aliphatic rings. The van der Waals surface area contributed by atoms with Crippen molar-refractivity contribution in [2.45, 2.75) is 64.6 Å². The molecule has 1 saturated heterocycles. The molecule has 2 amide bonds. The second-order valence-electron chi connectivity index (χ2n) is 7.24. The van der Waals surface area contributed by atoms with E-state index in [0.717, 1.165) is 25.4 Å². The molecule has 2 N–H and O–H groups in total. The Morgan fingerprint density at radius 2 is 2.11 bits per heavy atom. The summed E-state index contributed by atoms with van der Waals surface area (Å²) in [4.78, 5) is 12.1. The van der Waals surface area contributed by atoms with Crippen LogP contribution in [0, 0.1) is 17.3 Å². The maximum atomic E-state index is 12.1. The van der Waals surface area contributed by atoms with Gasteiger partial charge in [0.1, 0.15) is 0 Å². The lowest BCUT2D eigenvalue weighted by atomic mass is 9.57. The fourth-order valence-corrected chi connectivity index (χ4v) is 3.94. The van der Waals surface area contributed by atoms with Crippen LogP contribution in [0.3, 0.4) is 0 Å². The number of amides is 2. The zero-order chi connectivity index (χ0) is 13.6. The van der Waals surface area contributed by atoms with E-state index in [-0.39, 0.29) is 23.5 Å². The van der Waals surface area contributed by atoms with E-state index < -0.39 is 0 Å². The van der Waals surface area contributed by atoms with E-state index in [9.17, 15) is 4.79 Å². The van der Waals surface area contributed by atoms with Crippen LogP contribution in [0.5, 0.6) is 0 Å². The van der Waals surface area contributed by atoms with E-state index in [2.05, 4.69) is 31.4 Å². The Kier molecular flexibility index (Phi) is 3.24. The Hall–Kier alpha value is -0.770. The average Bonchev–Trinajstić information content (AvgIpc) is 3.01. The molecule has 3 rings (SSSR count). The van der Waals surface area contributed by atoms with Gasteiger partial charge in [0.15, 0.2) is 0 Å². The first-order chi connectivity index (χ1) is 8.98. The monoisotopic (exact) mass is 266 g/mol. The summed E-state index contributed by atoms with van der Waals surface area (Å²) in [5.74, 6) is 1.36. The zero-order valence-corrected chi connectivity index (χ0v) is 12.2. The number of nitrogens with one attached hydrogen (secondary N) is 2. The van der Waals surface area contributed by atoms with Crippen LogP contribution in [0.2, 0.25) is 0 Å². The lowest BCUT2D eigenvalue weighted by Gasteiger charge is -2.54. The molecule has 0 unspecified atom stereocenters. The molecule has 4 nitrogen and oxygen atoms in total. The van der Waals surface area contributed by atoms with Gasteiger partial charge in [-0.15, -0.1) is 0 Å². The molecule has 0 aromatic heterocycles. The Labute approximate surface area is 115 Å². The van der Waals surface area contributed by atoms with Crippen LogP contribution in [0.25, 0.3) is 0 Å². The quantitative estimate of drug-likeness (QED) is 0.820. The summed E-state index contributed by atoms with van der Waals surface area (Å²) in [7, 11) is 0. The van der Waals surface area contributed by atoms with Gasteiger partial charge in [-0.25, -0.2) is 4.79 Å². The number of hydrogen-bond donors (Lipinski definition) is 2. The van der Waals surface area contributed by atoms with Crippen molar-refractivity contribution < 1.29 is 9.53 Å². The Balaban J connectivity index is 1.48. The highest BCUT2D eigenvalue weighted by Gasteiger charge is 2.59. The Bertz CT molecular complexity index is 365. The molecule has 108 valence electrons. The van der Waals surface area contributed by atoms with Gasteiger partial charge in [0, 0.05) is 30.0 Å². The van der Waals surface area contributed by atoms with Crippen molar-refractivity contribution in [3.63, 3.8) is 0 Å². The molecule has 2 aliphatic carbocycles. The molecule has 1 heterocycles. The van der Waals surface area contributed by atoms with Crippen LogP contribution >= 0.6 is 0 Å². The van der Waals surface area contributed by atoms with Crippen LogP contribution in [-0.2, 0) is 4.74 Å². The van der Waals surface area contributed by atoms with E-state index >= 15 is 0 Å². The van der Waals surface area contributed by atoms with Gasteiger partial charge in [-0.05, 0) is 25.7 Å². The summed E-state index contributed by atoms with van der Waals surface area (Å²) < 4.78 is 5.75. The zero-order valence-electron chi connectivity index (χ0n) is 12.2. The predicted molar refractivity (Wildman–Crippen MR) is 73.9 cm³/mol. The van der Waals surface area contributed by atoms with Crippen molar-refractivity contribution in [1.29, 1.82) is 0 Å². The standard InChI is InChI=1S/C15H26N2O2/c1-9(8-10-4-5-10)16-14(18)17-12-11-6-7-19-13(11)15(12,2)3/h9-13H,4-8H2,1-3H3,(H2,16,17,18)/t9-,11-,12-,13-/m1/s1. The normalized spacial score (nSPS) is 37.1. The van der Waals surface area contributed by atoms with Gasteiger partial charge in [0.25, 0.3) is 0 Å². The fourth-order valence-electron chi connectivity index (χ4n) is 3.94. The number of fused-ring (bicyclic) bond motifs is 1. The van der Waals surface area contributed by atoms with E-state index in [1.807, 2.05) is 0 Å². The minimum atomic E-state index is -0.00317. The molecule has 19 heavy (non-hydrogen) atoms. The SMILES string of the molecule is C[C@H](CC1CC1)NC(=O)N[C@@H]1[C@H]2CCO[C@H]2C1(C)C. The third-order valence-corrected chi connectivity index (χ3v) is 5.15. The van der Waals surface area contributed by atoms with Crippen LogP contribution in [0.1, 0.15) is 46.5 Å². The predicted octanol–water partition coefficient (Wildman–Crippen LogP) is 2.29. The van der Waals surface area contributed by atoms with Gasteiger partial charge < -0.3 is 15.4 Å². The van der Waals surface area contributed by atoms with E-state index in [1.54, 1.807) is 0 Å². The maximum Gasteiger partial charge on any atom is 0.315 e. The number of carbonyl (C=O) groups excluding carboxylic acids is 1. The molecule has 0 aromatic carbocycles. The fraction of sp³-hybridized carbons (Fsp3) is 0.933. The second kappa shape index (κ2) is 4.65. The van der Waals surface area contributed by atoms with Crippen molar-refractivity contribution in [1.82, 2.24) is 10.6 Å². The van der Waals surface area contributed by atoms with E-state index in [0.29, 0.717) is 12.0 Å². The summed E-state index contributed by atoms with van der Waals surface area (Å²) in [6.07, 6.45) is 5.21. The number of ether oxygens (including phenoxy) is 1. The van der Waals surface area contributed by atoms with Crippen molar-refractivity contribution >= 4 is 6.03 Å². The molecule has 0 bridgehead atoms. The van der Waals surface area contributed by atoms with Gasteiger partial charge in [-0.1, -0.05) is 26.7 Å². The molecular formula is C15H26N2O2. The van der Waals surface area contributed by atoms with E-state index in [1.165, 1.54) is 12.8 Å². The number of carbonyl (C=O) groups is 1. The van der Waals surface area contributed by atoms with Gasteiger partial charge in [0.05, 0.1) is 6.10 Å². The van der Waals surface area contributed by atoms with Crippen LogP contribution < -0.4 is 10.6 Å². The van der Waals surface area contributed by atoms with Gasteiger partial charge in [-0.3, -0.25) is 0 Å². The molecule has 0 radical (unpaired) electrons. The largest absolute Gasteiger partial charge is 0.377 e. The third kappa shape index (κ3) is 2.47. The topological polar surface area (TPSA) is 50.4 Å². The smallest absolute Gasteiger partial charge is 0.315 e. The lowest BCUT2D eigenvalue weighted by Crippen LogP contribution is -2.68. The highest BCUT2D eigenvalue weighted by atomic mass is 16.5.